The monoisotopic (exact) mass is 487 g/mol. The number of nitrogens with zero attached hydrogens (tertiary/aromatic N) is 2. The highest BCUT2D eigenvalue weighted by Gasteiger charge is 2.39. The second-order valence-electron chi connectivity index (χ2n) is 10.2. The number of fused-ring (bicyclic) bond motifs is 3. The van der Waals surface area contributed by atoms with E-state index in [1.165, 1.54) is 27.8 Å². The molecule has 38 heavy (non-hydrogen) atoms. The lowest BCUT2D eigenvalue weighted by molar-refractivity contribution is 0.662. The summed E-state index contributed by atoms with van der Waals surface area (Å²) in [4.78, 5) is 0. The fourth-order valence-corrected chi connectivity index (χ4v) is 5.62. The Morgan fingerprint density at radius 2 is 1.13 bits per heavy atom. The van der Waals surface area contributed by atoms with Crippen molar-refractivity contribution in [3.8, 4) is 45.5 Å². The maximum atomic E-state index is 9.27. The van der Waals surface area contributed by atoms with Gasteiger partial charge in [0.05, 0.1) is 23.3 Å². The first-order valence-corrected chi connectivity index (χ1v) is 12.6. The van der Waals surface area contributed by atoms with E-state index in [9.17, 15) is 5.26 Å². The van der Waals surface area contributed by atoms with Gasteiger partial charge in [-0.1, -0.05) is 80.6 Å². The van der Waals surface area contributed by atoms with E-state index in [1.807, 2.05) is 48.5 Å². The smallest absolute Gasteiger partial charge is 0.0991 e. The number of anilines is 2. The van der Waals surface area contributed by atoms with Crippen molar-refractivity contribution >= 4 is 11.4 Å². The Balaban J connectivity index is 1.43. The highest BCUT2D eigenvalue weighted by Crippen LogP contribution is 2.55. The molecule has 0 bridgehead atoms. The third-order valence-electron chi connectivity index (χ3n) is 7.54. The van der Waals surface area contributed by atoms with Gasteiger partial charge in [0, 0.05) is 22.4 Å². The van der Waals surface area contributed by atoms with Crippen LogP contribution in [0.2, 0.25) is 0 Å². The van der Waals surface area contributed by atoms with Crippen LogP contribution in [0.15, 0.2) is 109 Å². The minimum atomic E-state index is -0.174. The summed E-state index contributed by atoms with van der Waals surface area (Å²) in [6, 6.07) is 41.3. The van der Waals surface area contributed by atoms with Gasteiger partial charge in [0.15, 0.2) is 0 Å². The van der Waals surface area contributed by atoms with Gasteiger partial charge in [0.2, 0.25) is 0 Å². The Bertz CT molecular complexity index is 1750. The van der Waals surface area contributed by atoms with Crippen LogP contribution < -0.4 is 5.32 Å². The second kappa shape index (κ2) is 9.07. The Hall–Kier alpha value is -5.12. The third kappa shape index (κ3) is 3.83. The van der Waals surface area contributed by atoms with E-state index in [4.69, 9.17) is 5.26 Å². The summed E-state index contributed by atoms with van der Waals surface area (Å²) in [6.07, 6.45) is 0. The van der Waals surface area contributed by atoms with Crippen LogP contribution in [0.4, 0.5) is 11.4 Å². The highest BCUT2D eigenvalue weighted by molar-refractivity contribution is 5.96. The number of hydrogen-bond acceptors (Lipinski definition) is 3. The average Bonchev–Trinajstić information content (AvgIpc) is 3.21. The van der Waals surface area contributed by atoms with Gasteiger partial charge in [-0.15, -0.1) is 0 Å². The van der Waals surface area contributed by atoms with Crippen LogP contribution >= 0.6 is 0 Å². The van der Waals surface area contributed by atoms with Gasteiger partial charge in [-0.05, 0) is 81.4 Å². The fraction of sp³-hybridized carbons (Fsp3) is 0.0857. The molecular formula is C35H25N3. The van der Waals surface area contributed by atoms with Crippen LogP contribution in [0.25, 0.3) is 33.4 Å². The number of benzene rings is 5. The van der Waals surface area contributed by atoms with Gasteiger partial charge < -0.3 is 5.32 Å². The van der Waals surface area contributed by atoms with Gasteiger partial charge in [-0.3, -0.25) is 0 Å². The first-order chi connectivity index (χ1) is 18.5. The molecule has 0 radical (unpaired) electrons. The standard InChI is InChI=1S/C35H25N3/c1-35(2)31-6-4-3-5-30(31)33-32(20-19-29(34(33)35)27-13-9-24(22-37)10-14-27)38-28-17-15-26(16-18-28)25-11-7-23(21-36)8-12-25/h3-20,38H,1-2H3. The van der Waals surface area contributed by atoms with Crippen molar-refractivity contribution in [3.63, 3.8) is 0 Å². The van der Waals surface area contributed by atoms with Gasteiger partial charge >= 0.3 is 0 Å². The molecule has 3 heteroatoms. The molecule has 0 aromatic heterocycles. The number of nitriles is 2. The zero-order valence-corrected chi connectivity index (χ0v) is 21.3. The first kappa shape index (κ1) is 23.3. The van der Waals surface area contributed by atoms with Gasteiger partial charge in [0.1, 0.15) is 0 Å². The van der Waals surface area contributed by atoms with Crippen LogP contribution in [0.3, 0.4) is 0 Å². The predicted molar refractivity (Wildman–Crippen MR) is 154 cm³/mol. The van der Waals surface area contributed by atoms with Crippen LogP contribution in [0, 0.1) is 22.7 Å². The van der Waals surface area contributed by atoms with Gasteiger partial charge in [0.25, 0.3) is 0 Å². The first-order valence-electron chi connectivity index (χ1n) is 12.6. The Morgan fingerprint density at radius 3 is 1.74 bits per heavy atom. The van der Waals surface area contributed by atoms with E-state index in [0.717, 1.165) is 28.1 Å². The van der Waals surface area contributed by atoms with Gasteiger partial charge in [-0.25, -0.2) is 0 Å². The zero-order chi connectivity index (χ0) is 26.3. The summed E-state index contributed by atoms with van der Waals surface area (Å²) in [5.41, 5.74) is 12.8. The Labute approximate surface area is 223 Å². The maximum absolute atomic E-state index is 9.27. The molecule has 0 atom stereocenters. The zero-order valence-electron chi connectivity index (χ0n) is 21.3. The Morgan fingerprint density at radius 1 is 0.579 bits per heavy atom. The summed E-state index contributed by atoms with van der Waals surface area (Å²) in [5.74, 6) is 0. The number of rotatable bonds is 4. The van der Waals surface area contributed by atoms with Crippen molar-refractivity contribution in [1.82, 2.24) is 0 Å². The molecule has 0 aliphatic heterocycles. The molecule has 0 unspecified atom stereocenters. The molecule has 0 saturated heterocycles. The van der Waals surface area contributed by atoms with Gasteiger partial charge in [-0.2, -0.15) is 10.5 Å². The van der Waals surface area contributed by atoms with Crippen molar-refractivity contribution in [2.45, 2.75) is 19.3 Å². The second-order valence-corrected chi connectivity index (χ2v) is 10.2. The van der Waals surface area contributed by atoms with Crippen molar-refractivity contribution < 1.29 is 0 Å². The predicted octanol–water partition coefficient (Wildman–Crippen LogP) is 8.81. The number of nitrogens with one attached hydrogen (secondary N) is 1. The molecule has 1 aliphatic rings. The molecule has 1 aliphatic carbocycles. The fourth-order valence-electron chi connectivity index (χ4n) is 5.62. The summed E-state index contributed by atoms with van der Waals surface area (Å²) < 4.78 is 0. The average molecular weight is 488 g/mol. The van der Waals surface area contributed by atoms with Crippen LogP contribution in [0.5, 0.6) is 0 Å². The molecule has 0 amide bonds. The molecule has 5 aromatic rings. The molecule has 3 nitrogen and oxygen atoms in total. The van der Waals surface area contributed by atoms with Crippen molar-refractivity contribution in [3.05, 3.63) is 131 Å². The summed E-state index contributed by atoms with van der Waals surface area (Å²) in [6.45, 7) is 4.59. The third-order valence-corrected chi connectivity index (χ3v) is 7.54. The minimum Gasteiger partial charge on any atom is -0.355 e. The van der Waals surface area contributed by atoms with Crippen molar-refractivity contribution in [2.24, 2.45) is 0 Å². The molecule has 1 N–H and O–H groups in total. The topological polar surface area (TPSA) is 59.6 Å². The quantitative estimate of drug-likeness (QED) is 0.275. The van der Waals surface area contributed by atoms with E-state index in [0.29, 0.717) is 11.1 Å². The normalized spacial score (nSPS) is 12.6. The molecule has 180 valence electrons. The summed E-state index contributed by atoms with van der Waals surface area (Å²) in [7, 11) is 0. The Kier molecular flexibility index (Phi) is 5.56. The maximum Gasteiger partial charge on any atom is 0.0991 e. The van der Waals surface area contributed by atoms with E-state index < -0.39 is 0 Å². The lowest BCUT2D eigenvalue weighted by Gasteiger charge is -2.25. The minimum absolute atomic E-state index is 0.174. The number of hydrogen-bond donors (Lipinski definition) is 1. The largest absolute Gasteiger partial charge is 0.355 e. The van der Waals surface area contributed by atoms with Crippen LogP contribution in [-0.4, -0.2) is 0 Å². The highest BCUT2D eigenvalue weighted by atomic mass is 14.9. The lowest BCUT2D eigenvalue weighted by atomic mass is 9.78. The van der Waals surface area contributed by atoms with Crippen LogP contribution in [-0.2, 0) is 5.41 Å². The molecule has 0 saturated carbocycles. The molecule has 0 heterocycles. The van der Waals surface area contributed by atoms with E-state index in [-0.39, 0.29) is 5.41 Å². The summed E-state index contributed by atoms with van der Waals surface area (Å²) >= 11 is 0. The summed E-state index contributed by atoms with van der Waals surface area (Å²) in [5, 5.41) is 22.0. The lowest BCUT2D eigenvalue weighted by Crippen LogP contribution is -2.16. The van der Waals surface area contributed by atoms with E-state index in [1.54, 1.807) is 0 Å². The molecule has 0 fully saturated rings. The van der Waals surface area contributed by atoms with Crippen molar-refractivity contribution in [2.75, 3.05) is 5.32 Å². The SMILES string of the molecule is CC1(C)c2ccccc2-c2c(Nc3ccc(-c4ccc(C#N)cc4)cc3)ccc(-c3ccc(C#N)cc3)c21. The molecule has 5 aromatic carbocycles. The molecular weight excluding hydrogens is 462 g/mol. The molecule has 6 rings (SSSR count). The van der Waals surface area contributed by atoms with E-state index >= 15 is 0 Å². The molecule has 0 spiro atoms. The van der Waals surface area contributed by atoms with Crippen molar-refractivity contribution in [1.29, 1.82) is 10.5 Å². The van der Waals surface area contributed by atoms with Crippen LogP contribution in [0.1, 0.15) is 36.1 Å². The van der Waals surface area contributed by atoms with E-state index in [2.05, 4.69) is 92.0 Å².